The van der Waals surface area contributed by atoms with Crippen LogP contribution in [0, 0.1) is 10.8 Å². The van der Waals surface area contributed by atoms with Crippen molar-refractivity contribution in [2.75, 3.05) is 37.6 Å². The molecule has 3 heterocycles. The Morgan fingerprint density at radius 1 is 0.597 bits per heavy atom. The highest BCUT2D eigenvalue weighted by Crippen LogP contribution is 2.36. The first-order valence-electron chi connectivity index (χ1n) is 25.0. The standard InChI is InChI=1S/C54H92N6O2/c1-49(2,3)36-39-15-17-44(18-16-39)60-30-20-41(37-60)56-52(9,10)24-23-51(7,8)40-19-27-55-48(31-40)62-47-34-43(35-47)58-54(13,14)26-25-53(11,12)57-42-32-46(33-42)61-45-21-28-59(29-22-45)38-50(4,5)6/h15-19,27,31,41-43,45-47,56-58H,20-26,28-30,32-38H2,1-14H3/t41-,42-,43-,46-,47-/m0/s1. The van der Waals surface area contributed by atoms with Crippen LogP contribution in [0.2, 0.25) is 0 Å². The Kier molecular flexibility index (Phi) is 15.6. The van der Waals surface area contributed by atoms with E-state index in [2.05, 4.69) is 164 Å². The number of hydrogen-bond donors (Lipinski definition) is 3. The Bertz CT molecular complexity index is 1690. The fourth-order valence-electron chi connectivity index (χ4n) is 10.6. The van der Waals surface area contributed by atoms with Crippen LogP contribution in [0.15, 0.2) is 42.6 Å². The Labute approximate surface area is 380 Å². The van der Waals surface area contributed by atoms with Crippen LogP contribution in [-0.2, 0) is 16.6 Å². The molecule has 62 heavy (non-hydrogen) atoms. The molecule has 4 fully saturated rings. The number of benzene rings is 1. The number of nitrogens with one attached hydrogen (secondary N) is 3. The zero-order chi connectivity index (χ0) is 45.1. The second kappa shape index (κ2) is 19.7. The zero-order valence-electron chi connectivity index (χ0n) is 42.2. The van der Waals surface area contributed by atoms with Gasteiger partial charge in [-0.15, -0.1) is 0 Å². The van der Waals surface area contributed by atoms with Crippen molar-refractivity contribution in [1.29, 1.82) is 0 Å². The fraction of sp³-hybridized carbons (Fsp3) is 0.796. The Morgan fingerprint density at radius 3 is 1.71 bits per heavy atom. The molecule has 2 saturated carbocycles. The van der Waals surface area contributed by atoms with Gasteiger partial charge in [0, 0.05) is 85.4 Å². The average molecular weight is 857 g/mol. The molecule has 2 aromatic rings. The summed E-state index contributed by atoms with van der Waals surface area (Å²) >= 11 is 0. The van der Waals surface area contributed by atoms with Crippen molar-refractivity contribution >= 4 is 5.69 Å². The number of nitrogens with zero attached hydrogens (tertiary/aromatic N) is 3. The summed E-state index contributed by atoms with van der Waals surface area (Å²) < 4.78 is 13.1. The van der Waals surface area contributed by atoms with Gasteiger partial charge in [-0.3, -0.25) is 0 Å². The second-order valence-corrected chi connectivity index (χ2v) is 25.6. The molecule has 1 aromatic heterocycles. The van der Waals surface area contributed by atoms with Crippen molar-refractivity contribution in [3.05, 3.63) is 53.7 Å². The Balaban J connectivity index is 0.857. The predicted molar refractivity (Wildman–Crippen MR) is 262 cm³/mol. The van der Waals surface area contributed by atoms with Crippen LogP contribution in [0.4, 0.5) is 5.69 Å². The van der Waals surface area contributed by atoms with Gasteiger partial charge in [-0.05, 0) is 164 Å². The van der Waals surface area contributed by atoms with E-state index in [1.807, 2.05) is 6.20 Å². The molecule has 1 atom stereocenters. The number of piperidine rings is 1. The normalized spacial score (nSPS) is 24.9. The molecule has 2 saturated heterocycles. The summed E-state index contributed by atoms with van der Waals surface area (Å²) in [6, 6.07) is 15.2. The van der Waals surface area contributed by atoms with Gasteiger partial charge < -0.3 is 35.2 Å². The topological polar surface area (TPSA) is 73.9 Å². The molecular weight excluding hydrogens is 765 g/mol. The summed E-state index contributed by atoms with van der Waals surface area (Å²) in [5.74, 6) is 0.770. The first-order chi connectivity index (χ1) is 28.8. The maximum Gasteiger partial charge on any atom is 0.213 e. The molecular formula is C54H92N6O2. The van der Waals surface area contributed by atoms with Crippen molar-refractivity contribution < 1.29 is 9.47 Å². The van der Waals surface area contributed by atoms with Gasteiger partial charge in [0.25, 0.3) is 0 Å². The molecule has 4 aliphatic rings. The van der Waals surface area contributed by atoms with E-state index in [1.165, 1.54) is 55.7 Å². The number of hydrogen-bond acceptors (Lipinski definition) is 8. The number of rotatable bonds is 20. The second-order valence-electron chi connectivity index (χ2n) is 25.6. The Hall–Kier alpha value is -2.23. The van der Waals surface area contributed by atoms with Gasteiger partial charge in [-0.25, -0.2) is 4.98 Å². The number of ether oxygens (including phenoxy) is 2. The summed E-state index contributed by atoms with van der Waals surface area (Å²) in [6.07, 6.45) is 16.5. The van der Waals surface area contributed by atoms with E-state index in [1.54, 1.807) is 0 Å². The third kappa shape index (κ3) is 15.5. The molecule has 1 aromatic carbocycles. The highest BCUT2D eigenvalue weighted by molar-refractivity contribution is 5.49. The summed E-state index contributed by atoms with van der Waals surface area (Å²) in [7, 11) is 0. The molecule has 0 amide bonds. The van der Waals surface area contributed by atoms with Gasteiger partial charge in [-0.1, -0.05) is 67.5 Å². The molecule has 2 aliphatic carbocycles. The average Bonchev–Trinajstić information content (AvgIpc) is 3.59. The summed E-state index contributed by atoms with van der Waals surface area (Å²) in [4.78, 5) is 9.84. The van der Waals surface area contributed by atoms with E-state index in [9.17, 15) is 0 Å². The molecule has 0 radical (unpaired) electrons. The Morgan fingerprint density at radius 2 is 1.15 bits per heavy atom. The van der Waals surface area contributed by atoms with Gasteiger partial charge in [-0.2, -0.15) is 0 Å². The van der Waals surface area contributed by atoms with E-state index in [-0.39, 0.29) is 28.1 Å². The van der Waals surface area contributed by atoms with Gasteiger partial charge in [0.15, 0.2) is 0 Å². The minimum absolute atomic E-state index is 0.0186. The van der Waals surface area contributed by atoms with Crippen LogP contribution in [0.1, 0.15) is 179 Å². The molecule has 0 unspecified atom stereocenters. The lowest BCUT2D eigenvalue weighted by molar-refractivity contribution is -0.0887. The van der Waals surface area contributed by atoms with Crippen LogP contribution in [0.3, 0.4) is 0 Å². The molecule has 8 nitrogen and oxygen atoms in total. The van der Waals surface area contributed by atoms with Crippen LogP contribution >= 0.6 is 0 Å². The quantitative estimate of drug-likeness (QED) is 0.122. The number of anilines is 1. The molecule has 350 valence electrons. The van der Waals surface area contributed by atoms with Crippen molar-refractivity contribution in [2.45, 2.75) is 232 Å². The largest absolute Gasteiger partial charge is 0.474 e. The zero-order valence-corrected chi connectivity index (χ0v) is 42.2. The molecule has 0 spiro atoms. The third-order valence-electron chi connectivity index (χ3n) is 14.4. The molecule has 6 rings (SSSR count). The van der Waals surface area contributed by atoms with E-state index in [4.69, 9.17) is 9.47 Å². The third-order valence-corrected chi connectivity index (χ3v) is 14.4. The molecule has 2 aliphatic heterocycles. The first kappa shape index (κ1) is 49.2. The van der Waals surface area contributed by atoms with Crippen molar-refractivity contribution in [3.8, 4) is 5.88 Å². The van der Waals surface area contributed by atoms with Crippen LogP contribution in [0.5, 0.6) is 5.88 Å². The summed E-state index contributed by atoms with van der Waals surface area (Å²) in [5, 5.41) is 12.0. The lowest BCUT2D eigenvalue weighted by Gasteiger charge is -2.45. The predicted octanol–water partition coefficient (Wildman–Crippen LogP) is 10.9. The van der Waals surface area contributed by atoms with Gasteiger partial charge in [0.2, 0.25) is 5.88 Å². The van der Waals surface area contributed by atoms with Gasteiger partial charge >= 0.3 is 0 Å². The first-order valence-corrected chi connectivity index (χ1v) is 25.0. The van der Waals surface area contributed by atoms with Crippen molar-refractivity contribution in [2.24, 2.45) is 10.8 Å². The van der Waals surface area contributed by atoms with E-state index in [0.29, 0.717) is 41.2 Å². The van der Waals surface area contributed by atoms with Crippen LogP contribution < -0.4 is 25.6 Å². The molecule has 3 N–H and O–H groups in total. The van der Waals surface area contributed by atoms with Gasteiger partial charge in [0.1, 0.15) is 6.10 Å². The maximum absolute atomic E-state index is 6.56. The van der Waals surface area contributed by atoms with Crippen molar-refractivity contribution in [1.82, 2.24) is 25.8 Å². The molecule has 8 heteroatoms. The van der Waals surface area contributed by atoms with Gasteiger partial charge in [0.05, 0.1) is 12.2 Å². The maximum atomic E-state index is 6.56. The minimum Gasteiger partial charge on any atom is -0.474 e. The SMILES string of the molecule is CC(C)(C)Cc1ccc(N2CC[C@H](NC(C)(C)CCC(C)(C)c3ccnc(O[C@H]4C[C@H](NC(C)(C)CCC(C)(C)N[C@H]5C[C@H](OC6CCN(CC(C)(C)C)CC6)C5)C4)c3)C2)cc1. The number of likely N-dealkylation sites (tertiary alicyclic amines) is 1. The number of aromatic nitrogens is 1. The monoisotopic (exact) mass is 857 g/mol. The highest BCUT2D eigenvalue weighted by atomic mass is 16.5. The van der Waals surface area contributed by atoms with Crippen molar-refractivity contribution in [3.63, 3.8) is 0 Å². The van der Waals surface area contributed by atoms with E-state index < -0.39 is 0 Å². The highest BCUT2D eigenvalue weighted by Gasteiger charge is 2.39. The molecule has 0 bridgehead atoms. The fourth-order valence-corrected chi connectivity index (χ4v) is 10.6. The smallest absolute Gasteiger partial charge is 0.213 e. The van der Waals surface area contributed by atoms with Crippen LogP contribution in [0.25, 0.3) is 0 Å². The van der Waals surface area contributed by atoms with E-state index >= 15 is 0 Å². The van der Waals surface area contributed by atoms with Crippen LogP contribution in [-0.4, -0.2) is 95.7 Å². The lowest BCUT2D eigenvalue weighted by Crippen LogP contribution is -2.57. The lowest BCUT2D eigenvalue weighted by atomic mass is 9.78. The number of pyridine rings is 1. The summed E-state index contributed by atoms with van der Waals surface area (Å²) in [5.41, 5.74) is 5.01. The van der Waals surface area contributed by atoms with E-state index in [0.717, 1.165) is 76.8 Å². The summed E-state index contributed by atoms with van der Waals surface area (Å²) in [6.45, 7) is 38.7. The minimum atomic E-state index is 0.0186.